The van der Waals surface area contributed by atoms with Gasteiger partial charge in [-0.1, -0.05) is 15.9 Å². The van der Waals surface area contributed by atoms with Crippen LogP contribution in [0.15, 0.2) is 6.07 Å². The lowest BCUT2D eigenvalue weighted by Crippen LogP contribution is -2.39. The molecule has 5 heteroatoms. The Morgan fingerprint density at radius 2 is 2.17 bits per heavy atom. The summed E-state index contributed by atoms with van der Waals surface area (Å²) in [5, 5.41) is 5.38. The lowest BCUT2D eigenvalue weighted by atomic mass is 9.99. The maximum Gasteiger partial charge on any atom is 0.272 e. The molecule has 0 atom stereocenters. The van der Waals surface area contributed by atoms with Crippen molar-refractivity contribution in [3.8, 4) is 0 Å². The third-order valence-electron chi connectivity index (χ3n) is 3.54. The van der Waals surface area contributed by atoms with Crippen LogP contribution in [0.1, 0.15) is 35.9 Å². The highest BCUT2D eigenvalue weighted by Crippen LogP contribution is 2.20. The molecule has 1 saturated heterocycles. The molecular formula is C13H20BrN3O. The zero-order chi connectivity index (χ0) is 13.1. The van der Waals surface area contributed by atoms with Gasteiger partial charge in [-0.25, -0.2) is 0 Å². The van der Waals surface area contributed by atoms with Crippen LogP contribution >= 0.6 is 15.9 Å². The van der Waals surface area contributed by atoms with E-state index >= 15 is 0 Å². The van der Waals surface area contributed by atoms with Crippen molar-refractivity contribution in [2.45, 2.75) is 33.2 Å². The lowest BCUT2D eigenvalue weighted by Gasteiger charge is -2.31. The number of hydrogen-bond donors (Lipinski definition) is 0. The molecule has 0 unspecified atom stereocenters. The van der Waals surface area contributed by atoms with Gasteiger partial charge in [0.2, 0.25) is 0 Å². The topological polar surface area (TPSA) is 38.1 Å². The van der Waals surface area contributed by atoms with Crippen molar-refractivity contribution >= 4 is 21.8 Å². The number of carbonyl (C=O) groups is 1. The maximum atomic E-state index is 12.4. The fourth-order valence-corrected chi connectivity index (χ4v) is 3.06. The zero-order valence-electron chi connectivity index (χ0n) is 11.0. The Bertz CT molecular complexity index is 422. The molecule has 1 aromatic rings. The minimum atomic E-state index is 0.130. The number of carbonyl (C=O) groups excluding carboxylic acids is 1. The van der Waals surface area contributed by atoms with Gasteiger partial charge in [0.05, 0.1) is 5.69 Å². The van der Waals surface area contributed by atoms with Crippen LogP contribution in [-0.2, 0) is 6.54 Å². The van der Waals surface area contributed by atoms with E-state index in [2.05, 4.69) is 21.0 Å². The first-order valence-corrected chi connectivity index (χ1v) is 7.67. The van der Waals surface area contributed by atoms with Gasteiger partial charge in [0.25, 0.3) is 5.91 Å². The smallest absolute Gasteiger partial charge is 0.272 e. The molecule has 4 nitrogen and oxygen atoms in total. The predicted molar refractivity (Wildman–Crippen MR) is 75.1 cm³/mol. The third kappa shape index (κ3) is 2.76. The van der Waals surface area contributed by atoms with Gasteiger partial charge in [0.15, 0.2) is 0 Å². The molecule has 0 aliphatic carbocycles. The van der Waals surface area contributed by atoms with E-state index in [9.17, 15) is 4.79 Å². The molecule has 0 N–H and O–H groups in total. The number of halogens is 1. The Morgan fingerprint density at radius 1 is 1.50 bits per heavy atom. The predicted octanol–water partition coefficient (Wildman–Crippen LogP) is 2.46. The van der Waals surface area contributed by atoms with Crippen molar-refractivity contribution in [3.05, 3.63) is 17.5 Å². The molecule has 2 rings (SSSR count). The summed E-state index contributed by atoms with van der Waals surface area (Å²) in [5.41, 5.74) is 1.64. The first kappa shape index (κ1) is 13.6. The summed E-state index contributed by atoms with van der Waals surface area (Å²) < 4.78 is 1.80. The summed E-state index contributed by atoms with van der Waals surface area (Å²) in [7, 11) is 0. The summed E-state index contributed by atoms with van der Waals surface area (Å²) >= 11 is 3.52. The first-order chi connectivity index (χ1) is 8.65. The molecule has 18 heavy (non-hydrogen) atoms. The average molecular weight is 314 g/mol. The fourth-order valence-electron chi connectivity index (χ4n) is 2.41. The van der Waals surface area contributed by atoms with Gasteiger partial charge in [-0.15, -0.1) is 0 Å². The van der Waals surface area contributed by atoms with Crippen molar-refractivity contribution in [1.29, 1.82) is 0 Å². The lowest BCUT2D eigenvalue weighted by molar-refractivity contribution is 0.0686. The highest BCUT2D eigenvalue weighted by molar-refractivity contribution is 9.09. The van der Waals surface area contributed by atoms with Crippen LogP contribution in [0.5, 0.6) is 0 Å². The van der Waals surface area contributed by atoms with Crippen LogP contribution in [0.2, 0.25) is 0 Å². The molecule has 1 amide bonds. The van der Waals surface area contributed by atoms with E-state index in [1.807, 2.05) is 24.8 Å². The Labute approximate surface area is 116 Å². The van der Waals surface area contributed by atoms with Gasteiger partial charge >= 0.3 is 0 Å². The monoisotopic (exact) mass is 313 g/mol. The van der Waals surface area contributed by atoms with Crippen LogP contribution < -0.4 is 0 Å². The molecule has 0 radical (unpaired) electrons. The normalized spacial score (nSPS) is 17.2. The standard InChI is InChI=1S/C13H20BrN3O/c1-3-17-12(8-10(2)15-17)13(18)16-6-4-11(9-14)5-7-16/h8,11H,3-7,9H2,1-2H3. The van der Waals surface area contributed by atoms with E-state index in [0.29, 0.717) is 5.92 Å². The van der Waals surface area contributed by atoms with E-state index in [1.54, 1.807) is 4.68 Å². The van der Waals surface area contributed by atoms with Gasteiger partial charge in [-0.05, 0) is 38.7 Å². The van der Waals surface area contributed by atoms with Crippen LogP contribution in [0.3, 0.4) is 0 Å². The van der Waals surface area contributed by atoms with Crippen LogP contribution in [-0.4, -0.2) is 39.0 Å². The number of amides is 1. The molecule has 2 heterocycles. The van der Waals surface area contributed by atoms with E-state index in [4.69, 9.17) is 0 Å². The molecule has 1 aliphatic heterocycles. The summed E-state index contributed by atoms with van der Waals surface area (Å²) in [5.74, 6) is 0.845. The Balaban J connectivity index is 2.07. The summed E-state index contributed by atoms with van der Waals surface area (Å²) in [6.07, 6.45) is 2.19. The fraction of sp³-hybridized carbons (Fsp3) is 0.692. The number of aromatic nitrogens is 2. The second kappa shape index (κ2) is 5.87. The van der Waals surface area contributed by atoms with E-state index in [0.717, 1.165) is 49.2 Å². The summed E-state index contributed by atoms with van der Waals surface area (Å²) in [4.78, 5) is 14.4. The number of rotatable bonds is 3. The van der Waals surface area contributed by atoms with Crippen LogP contribution in [0.4, 0.5) is 0 Å². The van der Waals surface area contributed by atoms with Crippen molar-refractivity contribution in [1.82, 2.24) is 14.7 Å². The molecule has 0 spiro atoms. The van der Waals surface area contributed by atoms with Gasteiger partial charge in [0, 0.05) is 25.0 Å². The summed E-state index contributed by atoms with van der Waals surface area (Å²) in [6.45, 7) is 6.42. The molecule has 1 aliphatic rings. The van der Waals surface area contributed by atoms with Gasteiger partial charge < -0.3 is 4.90 Å². The second-order valence-electron chi connectivity index (χ2n) is 4.88. The number of likely N-dealkylation sites (tertiary alicyclic amines) is 1. The molecule has 0 saturated carbocycles. The van der Waals surface area contributed by atoms with Gasteiger partial charge in [-0.3, -0.25) is 9.48 Å². The summed E-state index contributed by atoms with van der Waals surface area (Å²) in [6, 6.07) is 1.89. The molecule has 0 bridgehead atoms. The van der Waals surface area contributed by atoms with Crippen molar-refractivity contribution in [2.75, 3.05) is 18.4 Å². The minimum Gasteiger partial charge on any atom is -0.337 e. The SMILES string of the molecule is CCn1nc(C)cc1C(=O)N1CCC(CBr)CC1. The number of hydrogen-bond acceptors (Lipinski definition) is 2. The van der Waals surface area contributed by atoms with Crippen LogP contribution in [0, 0.1) is 12.8 Å². The Morgan fingerprint density at radius 3 is 2.72 bits per heavy atom. The molecular weight excluding hydrogens is 294 g/mol. The van der Waals surface area contributed by atoms with E-state index in [-0.39, 0.29) is 5.91 Å². The van der Waals surface area contributed by atoms with E-state index in [1.165, 1.54) is 0 Å². The maximum absolute atomic E-state index is 12.4. The van der Waals surface area contributed by atoms with Gasteiger partial charge in [0.1, 0.15) is 5.69 Å². The number of alkyl halides is 1. The zero-order valence-corrected chi connectivity index (χ0v) is 12.6. The van der Waals surface area contributed by atoms with E-state index < -0.39 is 0 Å². The highest BCUT2D eigenvalue weighted by Gasteiger charge is 2.25. The average Bonchev–Trinajstić information content (AvgIpc) is 2.79. The van der Waals surface area contributed by atoms with Crippen molar-refractivity contribution in [2.24, 2.45) is 5.92 Å². The van der Waals surface area contributed by atoms with Crippen LogP contribution in [0.25, 0.3) is 0 Å². The first-order valence-electron chi connectivity index (χ1n) is 6.55. The van der Waals surface area contributed by atoms with Gasteiger partial charge in [-0.2, -0.15) is 5.10 Å². The third-order valence-corrected chi connectivity index (χ3v) is 4.46. The second-order valence-corrected chi connectivity index (χ2v) is 5.52. The number of piperidine rings is 1. The molecule has 1 fully saturated rings. The molecule has 100 valence electrons. The minimum absolute atomic E-state index is 0.130. The van der Waals surface area contributed by atoms with Crippen molar-refractivity contribution < 1.29 is 4.79 Å². The Hall–Kier alpha value is -0.840. The molecule has 0 aromatic carbocycles. The largest absolute Gasteiger partial charge is 0.337 e. The Kier molecular flexibility index (Phi) is 4.43. The quantitative estimate of drug-likeness (QED) is 0.804. The highest BCUT2D eigenvalue weighted by atomic mass is 79.9. The van der Waals surface area contributed by atoms with Crippen molar-refractivity contribution in [3.63, 3.8) is 0 Å². The number of aryl methyl sites for hydroxylation is 2. The molecule has 1 aromatic heterocycles. The number of nitrogens with zero attached hydrogens (tertiary/aromatic N) is 3.